The summed E-state index contributed by atoms with van der Waals surface area (Å²) in [4.78, 5) is 0. The molecular weight excluding hydrogens is 711 g/mol. The van der Waals surface area contributed by atoms with Crippen LogP contribution in [0.4, 0.5) is 0 Å². The molecule has 1 aliphatic carbocycles. The number of allylic oxidation sites excluding steroid dienone is 1. The standard InChI is InChI=1S/C54H33NO3/c1-2-11-36(12-3-1)55-46-17-7-4-15-40(46)53-39(16-10-18-47(53)55)44-30-35(34-23-25-51-42(29-34)38-14-6-9-20-49(38)57-51)31-45-43-28-33(22-26-52(43)58-54(44)45)32-21-24-50-41(27-32)37-13-5-8-19-48(37)56-50/h1-9,11-17,19-31H,10,18H2. The quantitative estimate of drug-likeness (QED) is 0.180. The molecule has 0 bridgehead atoms. The van der Waals surface area contributed by atoms with Crippen LogP contribution in [0.1, 0.15) is 23.2 Å². The maximum Gasteiger partial charge on any atom is 0.143 e. The van der Waals surface area contributed by atoms with E-state index < -0.39 is 0 Å². The Balaban J connectivity index is 1.07. The van der Waals surface area contributed by atoms with E-state index in [2.05, 4.69) is 156 Å². The Bertz CT molecular complexity index is 3680. The van der Waals surface area contributed by atoms with Crippen LogP contribution in [0.25, 0.3) is 110 Å². The highest BCUT2D eigenvalue weighted by Gasteiger charge is 2.27. The van der Waals surface area contributed by atoms with Crippen molar-refractivity contribution in [3.05, 3.63) is 193 Å². The Hall–Kier alpha value is -7.56. The number of rotatable bonds is 4. The van der Waals surface area contributed by atoms with Crippen molar-refractivity contribution in [3.8, 4) is 27.9 Å². The summed E-state index contributed by atoms with van der Waals surface area (Å²) in [5.41, 5.74) is 17.2. The van der Waals surface area contributed by atoms with Crippen LogP contribution in [0.3, 0.4) is 0 Å². The van der Waals surface area contributed by atoms with Crippen LogP contribution in [-0.2, 0) is 6.42 Å². The molecular formula is C54H33NO3. The fourth-order valence-electron chi connectivity index (χ4n) is 9.64. The van der Waals surface area contributed by atoms with Crippen LogP contribution in [-0.4, -0.2) is 4.57 Å². The van der Waals surface area contributed by atoms with Gasteiger partial charge < -0.3 is 17.8 Å². The first-order valence-corrected chi connectivity index (χ1v) is 20.0. The number of hydrogen-bond acceptors (Lipinski definition) is 3. The molecule has 0 fully saturated rings. The van der Waals surface area contributed by atoms with E-state index >= 15 is 0 Å². The van der Waals surface area contributed by atoms with Gasteiger partial charge in [0.1, 0.15) is 33.5 Å². The van der Waals surface area contributed by atoms with Crippen molar-refractivity contribution in [3.63, 3.8) is 0 Å². The van der Waals surface area contributed by atoms with Crippen LogP contribution < -0.4 is 0 Å². The summed E-state index contributed by atoms with van der Waals surface area (Å²) in [7, 11) is 0. The van der Waals surface area contributed by atoms with E-state index in [1.807, 2.05) is 24.3 Å². The lowest BCUT2D eigenvalue weighted by molar-refractivity contribution is 0.667. The van der Waals surface area contributed by atoms with Gasteiger partial charge in [-0.15, -0.1) is 0 Å². The second-order valence-electron chi connectivity index (χ2n) is 15.5. The minimum Gasteiger partial charge on any atom is -0.456 e. The molecule has 0 atom stereocenters. The molecule has 1 aliphatic rings. The van der Waals surface area contributed by atoms with Gasteiger partial charge in [0.2, 0.25) is 0 Å². The summed E-state index contributed by atoms with van der Waals surface area (Å²) < 4.78 is 21.9. The van der Waals surface area contributed by atoms with Crippen molar-refractivity contribution < 1.29 is 13.3 Å². The average Bonchev–Trinajstić information content (AvgIpc) is 4.04. The highest BCUT2D eigenvalue weighted by Crippen LogP contribution is 2.46. The SMILES string of the molecule is C1=C(c2cc(-c3ccc4oc5ccccc5c4c3)cc3c2oc2ccc(-c4ccc5oc6ccccc6c5c4)cc23)c2c(n(-c3ccccc3)c3ccccc23)CC1. The number of benzene rings is 8. The molecule has 4 aromatic heterocycles. The molecule has 0 radical (unpaired) electrons. The van der Waals surface area contributed by atoms with Gasteiger partial charge in [0.25, 0.3) is 0 Å². The minimum absolute atomic E-state index is 0.867. The molecule has 272 valence electrons. The van der Waals surface area contributed by atoms with E-state index in [-0.39, 0.29) is 0 Å². The lowest BCUT2D eigenvalue weighted by atomic mass is 9.86. The zero-order chi connectivity index (χ0) is 37.9. The molecule has 0 saturated carbocycles. The molecule has 4 nitrogen and oxygen atoms in total. The fraction of sp³-hybridized carbons (Fsp3) is 0.0370. The first-order chi connectivity index (χ1) is 28.7. The van der Waals surface area contributed by atoms with Crippen molar-refractivity contribution in [1.82, 2.24) is 4.57 Å². The van der Waals surface area contributed by atoms with Crippen LogP contribution in [0, 0.1) is 0 Å². The van der Waals surface area contributed by atoms with E-state index in [0.29, 0.717) is 0 Å². The third-order valence-electron chi connectivity index (χ3n) is 12.3. The predicted molar refractivity (Wildman–Crippen MR) is 238 cm³/mol. The molecule has 0 aliphatic heterocycles. The van der Waals surface area contributed by atoms with Gasteiger partial charge in [0.05, 0.1) is 5.52 Å². The van der Waals surface area contributed by atoms with E-state index in [9.17, 15) is 0 Å². The van der Waals surface area contributed by atoms with Crippen LogP contribution in [0.2, 0.25) is 0 Å². The van der Waals surface area contributed by atoms with E-state index in [4.69, 9.17) is 13.3 Å². The lowest BCUT2D eigenvalue weighted by Crippen LogP contribution is -2.06. The largest absolute Gasteiger partial charge is 0.456 e. The molecule has 0 N–H and O–H groups in total. The Kier molecular flexibility index (Phi) is 6.53. The van der Waals surface area contributed by atoms with Gasteiger partial charge in [0, 0.05) is 60.2 Å². The van der Waals surface area contributed by atoms with Crippen molar-refractivity contribution in [2.75, 3.05) is 0 Å². The maximum absolute atomic E-state index is 6.99. The summed E-state index contributed by atoms with van der Waals surface area (Å²) in [6.07, 6.45) is 4.31. The number of hydrogen-bond donors (Lipinski definition) is 0. The molecule has 0 amide bonds. The van der Waals surface area contributed by atoms with Crippen LogP contribution in [0.15, 0.2) is 189 Å². The highest BCUT2D eigenvalue weighted by atomic mass is 16.3. The fourth-order valence-corrected chi connectivity index (χ4v) is 9.64. The Morgan fingerprint density at radius 2 is 0.914 bits per heavy atom. The van der Waals surface area contributed by atoms with Gasteiger partial charge in [-0.2, -0.15) is 0 Å². The molecule has 4 heterocycles. The molecule has 8 aromatic carbocycles. The molecule has 0 saturated heterocycles. The van der Waals surface area contributed by atoms with Gasteiger partial charge in [-0.1, -0.05) is 97.1 Å². The van der Waals surface area contributed by atoms with Crippen molar-refractivity contribution in [2.45, 2.75) is 12.8 Å². The summed E-state index contributed by atoms with van der Waals surface area (Å²) in [5, 5.41) is 7.90. The van der Waals surface area contributed by atoms with Gasteiger partial charge >= 0.3 is 0 Å². The second-order valence-corrected chi connectivity index (χ2v) is 15.5. The predicted octanol–water partition coefficient (Wildman–Crippen LogP) is 15.0. The molecule has 58 heavy (non-hydrogen) atoms. The third-order valence-corrected chi connectivity index (χ3v) is 12.3. The lowest BCUT2D eigenvalue weighted by Gasteiger charge is -2.19. The molecule has 0 unspecified atom stereocenters. The van der Waals surface area contributed by atoms with E-state index in [1.165, 1.54) is 33.4 Å². The Labute approximate surface area is 332 Å². The van der Waals surface area contributed by atoms with Crippen molar-refractivity contribution in [1.29, 1.82) is 0 Å². The number of nitrogens with zero attached hydrogens (tertiary/aromatic N) is 1. The monoisotopic (exact) mass is 743 g/mol. The number of aromatic nitrogens is 1. The Morgan fingerprint density at radius 3 is 1.59 bits per heavy atom. The maximum atomic E-state index is 6.99. The minimum atomic E-state index is 0.867. The van der Waals surface area contributed by atoms with Gasteiger partial charge in [-0.3, -0.25) is 0 Å². The first-order valence-electron chi connectivity index (χ1n) is 20.0. The normalized spacial score (nSPS) is 13.1. The first kappa shape index (κ1) is 31.6. The second kappa shape index (κ2) is 12.0. The number of furan rings is 3. The van der Waals surface area contributed by atoms with E-state index in [1.54, 1.807) is 0 Å². The number of fused-ring (bicyclic) bond motifs is 12. The third kappa shape index (κ3) is 4.57. The van der Waals surface area contributed by atoms with Gasteiger partial charge in [0.15, 0.2) is 0 Å². The number of para-hydroxylation sites is 4. The summed E-state index contributed by atoms with van der Waals surface area (Å²) in [6, 6.07) is 60.5. The summed E-state index contributed by atoms with van der Waals surface area (Å²) in [6.45, 7) is 0. The topological polar surface area (TPSA) is 44.4 Å². The van der Waals surface area contributed by atoms with E-state index in [0.717, 1.165) is 106 Å². The molecule has 4 heteroatoms. The van der Waals surface area contributed by atoms with Gasteiger partial charge in [-0.05, 0) is 120 Å². The smallest absolute Gasteiger partial charge is 0.143 e. The zero-order valence-corrected chi connectivity index (χ0v) is 31.3. The highest BCUT2D eigenvalue weighted by molar-refractivity contribution is 6.15. The molecule has 13 rings (SSSR count). The molecule has 12 aromatic rings. The summed E-state index contributed by atoms with van der Waals surface area (Å²) >= 11 is 0. The van der Waals surface area contributed by atoms with Crippen molar-refractivity contribution in [2.24, 2.45) is 0 Å². The van der Waals surface area contributed by atoms with Gasteiger partial charge in [-0.25, -0.2) is 0 Å². The molecule has 0 spiro atoms. The Morgan fingerprint density at radius 1 is 0.397 bits per heavy atom. The van der Waals surface area contributed by atoms with Crippen molar-refractivity contribution >= 4 is 82.3 Å². The zero-order valence-electron chi connectivity index (χ0n) is 31.3. The van der Waals surface area contributed by atoms with Crippen LogP contribution in [0.5, 0.6) is 0 Å². The average molecular weight is 744 g/mol. The summed E-state index contributed by atoms with van der Waals surface area (Å²) in [5.74, 6) is 0. The van der Waals surface area contributed by atoms with Crippen LogP contribution >= 0.6 is 0 Å².